The molecule has 0 saturated carbocycles. The Morgan fingerprint density at radius 3 is 2.52 bits per heavy atom. The van der Waals surface area contributed by atoms with E-state index in [9.17, 15) is 13.2 Å². The van der Waals surface area contributed by atoms with Crippen molar-refractivity contribution in [2.24, 2.45) is 0 Å². The lowest BCUT2D eigenvalue weighted by molar-refractivity contribution is -0.141. The van der Waals surface area contributed by atoms with Crippen LogP contribution in [-0.2, 0) is 12.7 Å². The van der Waals surface area contributed by atoms with E-state index in [1.54, 1.807) is 26.0 Å². The molecule has 0 saturated heterocycles. The zero-order chi connectivity index (χ0) is 15.5. The summed E-state index contributed by atoms with van der Waals surface area (Å²) in [6.45, 7) is 4.22. The van der Waals surface area contributed by atoms with E-state index in [2.05, 4.69) is 20.6 Å². The Kier molecular flexibility index (Phi) is 4.35. The highest BCUT2D eigenvalue weighted by molar-refractivity contribution is 5.43. The molecule has 2 heterocycles. The third-order valence-electron chi connectivity index (χ3n) is 2.59. The maximum absolute atomic E-state index is 12.8. The summed E-state index contributed by atoms with van der Waals surface area (Å²) < 4.78 is 43.7. The molecule has 0 atom stereocenters. The fourth-order valence-corrected chi connectivity index (χ4v) is 1.68. The van der Waals surface area contributed by atoms with Crippen molar-refractivity contribution < 1.29 is 17.6 Å². The van der Waals surface area contributed by atoms with Gasteiger partial charge in [-0.25, -0.2) is 4.98 Å². The second-order valence-electron chi connectivity index (χ2n) is 4.36. The first kappa shape index (κ1) is 15.1. The Balaban J connectivity index is 2.19. The van der Waals surface area contributed by atoms with Gasteiger partial charge >= 0.3 is 6.18 Å². The number of hydrogen-bond donors (Lipinski definition) is 2. The van der Waals surface area contributed by atoms with Crippen LogP contribution in [0.2, 0.25) is 0 Å². The highest BCUT2D eigenvalue weighted by Crippen LogP contribution is 2.29. The summed E-state index contributed by atoms with van der Waals surface area (Å²) in [5, 5.41) is 5.48. The van der Waals surface area contributed by atoms with Crippen molar-refractivity contribution in [2.45, 2.75) is 26.6 Å². The molecule has 0 aliphatic heterocycles. The van der Waals surface area contributed by atoms with Crippen LogP contribution >= 0.6 is 0 Å². The molecule has 2 aromatic heterocycles. The first-order valence-electron chi connectivity index (χ1n) is 6.38. The lowest BCUT2D eigenvalue weighted by atomic mass is 10.3. The zero-order valence-corrected chi connectivity index (χ0v) is 11.6. The second-order valence-corrected chi connectivity index (χ2v) is 4.36. The zero-order valence-electron chi connectivity index (χ0n) is 11.6. The van der Waals surface area contributed by atoms with Gasteiger partial charge in [0.05, 0.1) is 6.54 Å². The fraction of sp³-hybridized carbons (Fsp3) is 0.385. The van der Waals surface area contributed by atoms with Crippen molar-refractivity contribution in [2.75, 3.05) is 17.2 Å². The molecule has 2 aromatic rings. The van der Waals surface area contributed by atoms with Crippen LogP contribution in [0.1, 0.15) is 24.1 Å². The highest BCUT2D eigenvalue weighted by atomic mass is 19.4. The van der Waals surface area contributed by atoms with Crippen molar-refractivity contribution in [3.8, 4) is 0 Å². The van der Waals surface area contributed by atoms with Gasteiger partial charge in [0.15, 0.2) is 5.69 Å². The SMILES string of the molecule is CCNc1nc(NCc2ccc(C)o2)cc(C(F)(F)F)n1. The molecule has 0 spiro atoms. The van der Waals surface area contributed by atoms with E-state index in [0.29, 0.717) is 12.3 Å². The molecule has 0 fully saturated rings. The summed E-state index contributed by atoms with van der Waals surface area (Å²) in [5.74, 6) is 1.37. The number of hydrogen-bond acceptors (Lipinski definition) is 5. The van der Waals surface area contributed by atoms with E-state index in [4.69, 9.17) is 4.42 Å². The Labute approximate surface area is 119 Å². The van der Waals surface area contributed by atoms with E-state index < -0.39 is 11.9 Å². The lowest BCUT2D eigenvalue weighted by Crippen LogP contribution is -2.14. The van der Waals surface area contributed by atoms with Gasteiger partial charge in [0, 0.05) is 12.6 Å². The van der Waals surface area contributed by atoms with Gasteiger partial charge < -0.3 is 15.1 Å². The molecule has 0 bridgehead atoms. The topological polar surface area (TPSA) is 63.0 Å². The van der Waals surface area contributed by atoms with Gasteiger partial charge in [0.25, 0.3) is 0 Å². The smallest absolute Gasteiger partial charge is 0.433 e. The van der Waals surface area contributed by atoms with E-state index in [-0.39, 0.29) is 18.3 Å². The van der Waals surface area contributed by atoms with Gasteiger partial charge in [0.2, 0.25) is 5.95 Å². The summed E-state index contributed by atoms with van der Waals surface area (Å²) in [4.78, 5) is 7.43. The monoisotopic (exact) mass is 300 g/mol. The average molecular weight is 300 g/mol. The van der Waals surface area contributed by atoms with Crippen LogP contribution in [0.15, 0.2) is 22.6 Å². The summed E-state index contributed by atoms with van der Waals surface area (Å²) in [5.41, 5.74) is -0.994. The molecule has 0 unspecified atom stereocenters. The van der Waals surface area contributed by atoms with Gasteiger partial charge in [0.1, 0.15) is 17.3 Å². The highest BCUT2D eigenvalue weighted by Gasteiger charge is 2.33. The van der Waals surface area contributed by atoms with E-state index in [1.807, 2.05) is 0 Å². The molecule has 2 rings (SSSR count). The van der Waals surface area contributed by atoms with Gasteiger partial charge in [-0.3, -0.25) is 0 Å². The van der Waals surface area contributed by atoms with Crippen molar-refractivity contribution in [1.82, 2.24) is 9.97 Å². The van der Waals surface area contributed by atoms with Crippen LogP contribution in [0.4, 0.5) is 24.9 Å². The molecule has 0 radical (unpaired) electrons. The van der Waals surface area contributed by atoms with Gasteiger partial charge in [-0.05, 0) is 26.0 Å². The largest absolute Gasteiger partial charge is 0.465 e. The fourth-order valence-electron chi connectivity index (χ4n) is 1.68. The number of nitrogens with one attached hydrogen (secondary N) is 2. The molecule has 0 aromatic carbocycles. The van der Waals surface area contributed by atoms with Crippen LogP contribution in [0.5, 0.6) is 0 Å². The standard InChI is InChI=1S/C13H15F3N4O/c1-3-17-12-19-10(13(14,15)16)6-11(20-12)18-7-9-5-4-8(2)21-9/h4-6H,3,7H2,1-2H3,(H2,17,18,19,20). The number of furan rings is 1. The molecular formula is C13H15F3N4O. The van der Waals surface area contributed by atoms with Crippen molar-refractivity contribution in [3.63, 3.8) is 0 Å². The summed E-state index contributed by atoms with van der Waals surface area (Å²) in [6, 6.07) is 4.40. The van der Waals surface area contributed by atoms with Gasteiger partial charge in [-0.1, -0.05) is 0 Å². The van der Waals surface area contributed by atoms with Crippen LogP contribution in [-0.4, -0.2) is 16.5 Å². The quantitative estimate of drug-likeness (QED) is 0.885. The van der Waals surface area contributed by atoms with Gasteiger partial charge in [-0.2, -0.15) is 18.2 Å². The van der Waals surface area contributed by atoms with Crippen molar-refractivity contribution in [3.05, 3.63) is 35.4 Å². The number of halogens is 3. The molecule has 0 aliphatic rings. The lowest BCUT2D eigenvalue weighted by Gasteiger charge is -2.11. The Hall–Kier alpha value is -2.25. The first-order chi connectivity index (χ1) is 9.88. The van der Waals surface area contributed by atoms with Crippen LogP contribution in [0, 0.1) is 6.92 Å². The minimum absolute atomic E-state index is 0.0644. The van der Waals surface area contributed by atoms with Crippen LogP contribution < -0.4 is 10.6 Å². The maximum Gasteiger partial charge on any atom is 0.433 e. The van der Waals surface area contributed by atoms with Crippen molar-refractivity contribution in [1.29, 1.82) is 0 Å². The number of alkyl halides is 3. The number of aromatic nitrogens is 2. The molecule has 0 aliphatic carbocycles. The molecule has 8 heteroatoms. The normalized spacial score (nSPS) is 11.5. The molecule has 21 heavy (non-hydrogen) atoms. The molecular weight excluding hydrogens is 285 g/mol. The number of rotatable bonds is 5. The third-order valence-corrected chi connectivity index (χ3v) is 2.59. The van der Waals surface area contributed by atoms with E-state index >= 15 is 0 Å². The minimum Gasteiger partial charge on any atom is -0.465 e. The number of anilines is 2. The predicted octanol–water partition coefficient (Wildman–Crippen LogP) is 3.44. The summed E-state index contributed by atoms with van der Waals surface area (Å²) in [7, 11) is 0. The van der Waals surface area contributed by atoms with Crippen molar-refractivity contribution >= 4 is 11.8 Å². The third kappa shape index (κ3) is 4.11. The second kappa shape index (κ2) is 6.02. The van der Waals surface area contributed by atoms with Crippen LogP contribution in [0.3, 0.4) is 0 Å². The van der Waals surface area contributed by atoms with Gasteiger partial charge in [-0.15, -0.1) is 0 Å². The summed E-state index contributed by atoms with van der Waals surface area (Å²) in [6.07, 6.45) is -4.52. The van der Waals surface area contributed by atoms with E-state index in [1.165, 1.54) is 0 Å². The Bertz CT molecular complexity index is 610. The first-order valence-corrected chi connectivity index (χ1v) is 6.38. The molecule has 114 valence electrons. The Morgan fingerprint density at radius 1 is 1.19 bits per heavy atom. The number of nitrogens with zero attached hydrogens (tertiary/aromatic N) is 2. The maximum atomic E-state index is 12.8. The molecule has 5 nitrogen and oxygen atoms in total. The average Bonchev–Trinajstić information content (AvgIpc) is 2.81. The Morgan fingerprint density at radius 2 is 1.95 bits per heavy atom. The van der Waals surface area contributed by atoms with E-state index in [0.717, 1.165) is 11.8 Å². The number of aryl methyl sites for hydroxylation is 1. The molecule has 2 N–H and O–H groups in total. The summed E-state index contributed by atoms with van der Waals surface area (Å²) >= 11 is 0. The predicted molar refractivity (Wildman–Crippen MR) is 72.0 cm³/mol. The molecule has 0 amide bonds. The minimum atomic E-state index is -4.52. The van der Waals surface area contributed by atoms with Crippen LogP contribution in [0.25, 0.3) is 0 Å².